The van der Waals surface area contributed by atoms with Crippen LogP contribution in [0, 0.1) is 0 Å². The third-order valence-corrected chi connectivity index (χ3v) is 6.08. The number of nitrogens with one attached hydrogen (secondary N) is 4. The number of aromatic nitrogens is 3. The quantitative estimate of drug-likeness (QED) is 0.141. The van der Waals surface area contributed by atoms with Gasteiger partial charge in [0.2, 0.25) is 17.8 Å². The summed E-state index contributed by atoms with van der Waals surface area (Å²) in [5.41, 5.74) is 8.07. The van der Waals surface area contributed by atoms with Crippen molar-refractivity contribution in [2.45, 2.75) is 45.8 Å². The Kier molecular flexibility index (Phi) is 13.6. The van der Waals surface area contributed by atoms with Crippen molar-refractivity contribution in [2.24, 2.45) is 5.73 Å². The van der Waals surface area contributed by atoms with Gasteiger partial charge in [-0.2, -0.15) is 15.0 Å². The van der Waals surface area contributed by atoms with Crippen LogP contribution in [0.25, 0.3) is 0 Å². The van der Waals surface area contributed by atoms with E-state index in [4.69, 9.17) is 15.2 Å². The van der Waals surface area contributed by atoms with Gasteiger partial charge in [0.25, 0.3) is 5.91 Å². The Labute approximate surface area is 236 Å². The van der Waals surface area contributed by atoms with Gasteiger partial charge >= 0.3 is 0 Å². The molecule has 0 aliphatic carbocycles. The number of nitrogens with two attached hydrogens (primary N) is 1. The van der Waals surface area contributed by atoms with Gasteiger partial charge in [-0.05, 0) is 36.1 Å². The second-order valence-corrected chi connectivity index (χ2v) is 9.12. The van der Waals surface area contributed by atoms with E-state index in [0.29, 0.717) is 76.0 Å². The van der Waals surface area contributed by atoms with Crippen LogP contribution in [0.3, 0.4) is 0 Å². The van der Waals surface area contributed by atoms with Crippen LogP contribution in [0.5, 0.6) is 0 Å². The van der Waals surface area contributed by atoms with Crippen LogP contribution in [-0.4, -0.2) is 66.4 Å². The monoisotopic (exact) mass is 550 g/mol. The van der Waals surface area contributed by atoms with Crippen molar-refractivity contribution in [1.82, 2.24) is 20.3 Å². The summed E-state index contributed by atoms with van der Waals surface area (Å²) in [4.78, 5) is 26.1. The molecule has 0 fully saturated rings. The van der Waals surface area contributed by atoms with Gasteiger partial charge in [0.05, 0.1) is 26.4 Å². The van der Waals surface area contributed by atoms with Crippen molar-refractivity contribution in [3.05, 3.63) is 71.3 Å². The SMILES string of the molecule is CCC(CC)Nc1nc(NCc2ccccc2)nc(NCc2ccc(C(=O)NCCOCCOCCN)cc2)n1. The van der Waals surface area contributed by atoms with E-state index >= 15 is 0 Å². The zero-order valence-corrected chi connectivity index (χ0v) is 23.5. The Morgan fingerprint density at radius 3 is 1.95 bits per heavy atom. The fourth-order valence-corrected chi connectivity index (χ4v) is 3.75. The van der Waals surface area contributed by atoms with Crippen LogP contribution in [0.2, 0.25) is 0 Å². The number of anilines is 3. The molecular weight excluding hydrogens is 508 g/mol. The number of hydrogen-bond acceptors (Lipinski definition) is 10. The van der Waals surface area contributed by atoms with Crippen LogP contribution < -0.4 is 27.0 Å². The van der Waals surface area contributed by atoms with Gasteiger partial charge in [0.15, 0.2) is 0 Å². The zero-order valence-electron chi connectivity index (χ0n) is 23.5. The summed E-state index contributed by atoms with van der Waals surface area (Å²) in [6.07, 6.45) is 1.93. The van der Waals surface area contributed by atoms with E-state index < -0.39 is 0 Å². The second kappa shape index (κ2) is 17.7. The van der Waals surface area contributed by atoms with E-state index in [0.717, 1.165) is 24.0 Å². The largest absolute Gasteiger partial charge is 0.378 e. The second-order valence-electron chi connectivity index (χ2n) is 9.12. The Bertz CT molecular complexity index is 1130. The van der Waals surface area contributed by atoms with Gasteiger partial charge in [-0.3, -0.25) is 4.79 Å². The molecule has 216 valence electrons. The van der Waals surface area contributed by atoms with Gasteiger partial charge in [0, 0.05) is 37.8 Å². The summed E-state index contributed by atoms with van der Waals surface area (Å²) >= 11 is 0. The lowest BCUT2D eigenvalue weighted by Gasteiger charge is -2.16. The number of hydrogen-bond donors (Lipinski definition) is 5. The third-order valence-electron chi connectivity index (χ3n) is 6.08. The van der Waals surface area contributed by atoms with E-state index in [1.165, 1.54) is 0 Å². The van der Waals surface area contributed by atoms with Crippen molar-refractivity contribution in [3.63, 3.8) is 0 Å². The molecular formula is C29H42N8O3. The minimum atomic E-state index is -0.147. The molecule has 11 heteroatoms. The number of carbonyl (C=O) groups is 1. The van der Waals surface area contributed by atoms with Gasteiger partial charge in [0.1, 0.15) is 0 Å². The summed E-state index contributed by atoms with van der Waals surface area (Å²) in [6.45, 7) is 8.18. The first-order valence-electron chi connectivity index (χ1n) is 13.9. The van der Waals surface area contributed by atoms with E-state index in [1.807, 2.05) is 30.3 Å². The smallest absolute Gasteiger partial charge is 0.251 e. The molecule has 0 saturated heterocycles. The summed E-state index contributed by atoms with van der Waals surface area (Å²) in [5.74, 6) is 1.34. The number of rotatable bonds is 19. The van der Waals surface area contributed by atoms with Crippen molar-refractivity contribution < 1.29 is 14.3 Å². The highest BCUT2D eigenvalue weighted by atomic mass is 16.5. The lowest BCUT2D eigenvalue weighted by Crippen LogP contribution is -2.27. The standard InChI is InChI=1S/C29H42N8O3/c1-3-25(4-2)34-29-36-27(32-20-22-8-6-5-7-9-22)35-28(37-29)33-21-23-10-12-24(13-11-23)26(38)31-15-17-40-19-18-39-16-14-30/h5-13,25H,3-4,14-21,30H2,1-2H3,(H,31,38)(H3,32,33,34,35,36,37). The maximum absolute atomic E-state index is 12.4. The number of benzene rings is 2. The molecule has 11 nitrogen and oxygen atoms in total. The average molecular weight is 551 g/mol. The molecule has 0 atom stereocenters. The fourth-order valence-electron chi connectivity index (χ4n) is 3.75. The fraction of sp³-hybridized carbons (Fsp3) is 0.448. The van der Waals surface area contributed by atoms with Crippen molar-refractivity contribution >= 4 is 23.8 Å². The molecule has 3 rings (SSSR count). The Hall–Kier alpha value is -3.80. The summed E-state index contributed by atoms with van der Waals surface area (Å²) in [5, 5.41) is 12.8. The molecule has 2 aromatic carbocycles. The highest BCUT2D eigenvalue weighted by molar-refractivity contribution is 5.94. The molecule has 0 radical (unpaired) electrons. The zero-order chi connectivity index (χ0) is 28.4. The van der Waals surface area contributed by atoms with Crippen molar-refractivity contribution in [1.29, 1.82) is 0 Å². The van der Waals surface area contributed by atoms with Gasteiger partial charge < -0.3 is 36.5 Å². The predicted molar refractivity (Wildman–Crippen MR) is 158 cm³/mol. The van der Waals surface area contributed by atoms with Crippen LogP contribution in [0.15, 0.2) is 54.6 Å². The first kappa shape index (κ1) is 30.7. The van der Waals surface area contributed by atoms with E-state index in [2.05, 4.69) is 62.2 Å². The first-order valence-corrected chi connectivity index (χ1v) is 13.9. The van der Waals surface area contributed by atoms with Crippen molar-refractivity contribution in [3.8, 4) is 0 Å². The Balaban J connectivity index is 1.52. The minimum Gasteiger partial charge on any atom is -0.378 e. The lowest BCUT2D eigenvalue weighted by atomic mass is 10.1. The van der Waals surface area contributed by atoms with Crippen molar-refractivity contribution in [2.75, 3.05) is 55.5 Å². The molecule has 0 aliphatic heterocycles. The van der Waals surface area contributed by atoms with E-state index in [-0.39, 0.29) is 11.9 Å². The molecule has 0 bridgehead atoms. The number of amides is 1. The van der Waals surface area contributed by atoms with Gasteiger partial charge in [-0.1, -0.05) is 56.3 Å². The number of nitrogens with zero attached hydrogens (tertiary/aromatic N) is 3. The maximum Gasteiger partial charge on any atom is 0.251 e. The highest BCUT2D eigenvalue weighted by Gasteiger charge is 2.11. The van der Waals surface area contributed by atoms with Crippen LogP contribution in [0.1, 0.15) is 48.2 Å². The normalized spacial score (nSPS) is 10.9. The molecule has 3 aromatic rings. The van der Waals surface area contributed by atoms with E-state index in [1.54, 1.807) is 12.1 Å². The van der Waals surface area contributed by atoms with E-state index in [9.17, 15) is 4.79 Å². The average Bonchev–Trinajstić information content (AvgIpc) is 2.99. The van der Waals surface area contributed by atoms with Crippen LogP contribution >= 0.6 is 0 Å². The van der Waals surface area contributed by atoms with Crippen LogP contribution in [-0.2, 0) is 22.6 Å². The molecule has 1 heterocycles. The molecule has 1 aromatic heterocycles. The third kappa shape index (κ3) is 11.1. The first-order chi connectivity index (χ1) is 19.6. The highest BCUT2D eigenvalue weighted by Crippen LogP contribution is 2.15. The molecule has 6 N–H and O–H groups in total. The Morgan fingerprint density at radius 1 is 0.775 bits per heavy atom. The van der Waals surface area contributed by atoms with Crippen LogP contribution in [0.4, 0.5) is 17.8 Å². The summed E-state index contributed by atoms with van der Waals surface area (Å²) < 4.78 is 10.7. The molecule has 0 unspecified atom stereocenters. The summed E-state index contributed by atoms with van der Waals surface area (Å²) in [6, 6.07) is 17.8. The molecule has 0 saturated carbocycles. The van der Waals surface area contributed by atoms with Gasteiger partial charge in [-0.15, -0.1) is 0 Å². The number of carbonyl (C=O) groups excluding carboxylic acids is 1. The number of ether oxygens (including phenoxy) is 2. The maximum atomic E-state index is 12.4. The summed E-state index contributed by atoms with van der Waals surface area (Å²) in [7, 11) is 0. The minimum absolute atomic E-state index is 0.147. The Morgan fingerprint density at radius 2 is 1.35 bits per heavy atom. The lowest BCUT2D eigenvalue weighted by molar-refractivity contribution is 0.0511. The molecule has 0 spiro atoms. The van der Waals surface area contributed by atoms with Gasteiger partial charge in [-0.25, -0.2) is 0 Å². The molecule has 40 heavy (non-hydrogen) atoms. The predicted octanol–water partition coefficient (Wildman–Crippen LogP) is 3.42. The molecule has 0 aliphatic rings. The topological polar surface area (TPSA) is 148 Å². The molecule has 1 amide bonds.